The maximum absolute atomic E-state index is 12.4. The van der Waals surface area contributed by atoms with E-state index in [0.717, 1.165) is 18.4 Å². The van der Waals surface area contributed by atoms with E-state index in [-0.39, 0.29) is 22.8 Å². The summed E-state index contributed by atoms with van der Waals surface area (Å²) in [5.74, 6) is -1.11. The van der Waals surface area contributed by atoms with Gasteiger partial charge in [-0.3, -0.25) is 9.69 Å². The van der Waals surface area contributed by atoms with E-state index >= 15 is 0 Å². The molecule has 0 bridgehead atoms. The van der Waals surface area contributed by atoms with Crippen LogP contribution in [0.1, 0.15) is 35.7 Å². The predicted octanol–water partition coefficient (Wildman–Crippen LogP) is 0.499. The Bertz CT molecular complexity index is 797. The molecule has 2 fully saturated rings. The van der Waals surface area contributed by atoms with Gasteiger partial charge in [0, 0.05) is 32.7 Å². The molecular formula is C18H25N3O5S. The molecule has 0 radical (unpaired) electrons. The molecule has 148 valence electrons. The minimum absolute atomic E-state index is 0.129. The van der Waals surface area contributed by atoms with Crippen LogP contribution in [-0.4, -0.2) is 72.1 Å². The SMILES string of the molecule is CC(C(=O)NCc1ccc(C(=O)O)cc1)N1CCN(S(=O)(=O)C2CC2)CC1. The molecule has 1 saturated carbocycles. The molecule has 1 atom stereocenters. The number of carboxylic acids is 1. The topological polar surface area (TPSA) is 107 Å². The fraction of sp³-hybridized carbons (Fsp3) is 0.556. The summed E-state index contributed by atoms with van der Waals surface area (Å²) in [6.45, 7) is 4.05. The monoisotopic (exact) mass is 395 g/mol. The highest BCUT2D eigenvalue weighted by atomic mass is 32.2. The van der Waals surface area contributed by atoms with Crippen molar-refractivity contribution in [2.45, 2.75) is 37.6 Å². The summed E-state index contributed by atoms with van der Waals surface area (Å²) >= 11 is 0. The number of hydrogen-bond donors (Lipinski definition) is 2. The number of aromatic carboxylic acids is 1. The van der Waals surface area contributed by atoms with Crippen LogP contribution < -0.4 is 5.32 Å². The highest BCUT2D eigenvalue weighted by Crippen LogP contribution is 2.31. The van der Waals surface area contributed by atoms with Crippen molar-refractivity contribution in [1.82, 2.24) is 14.5 Å². The number of carboxylic acid groups (broad SMARTS) is 1. The summed E-state index contributed by atoms with van der Waals surface area (Å²) in [7, 11) is -3.15. The quantitative estimate of drug-likeness (QED) is 0.696. The molecule has 1 heterocycles. The molecule has 27 heavy (non-hydrogen) atoms. The maximum atomic E-state index is 12.4. The van der Waals surface area contributed by atoms with Gasteiger partial charge >= 0.3 is 5.97 Å². The molecule has 0 aromatic heterocycles. The number of carbonyl (C=O) groups excluding carboxylic acids is 1. The van der Waals surface area contributed by atoms with Gasteiger partial charge in [0.2, 0.25) is 15.9 Å². The largest absolute Gasteiger partial charge is 0.478 e. The molecule has 2 aliphatic rings. The molecule has 9 heteroatoms. The first-order chi connectivity index (χ1) is 12.8. The van der Waals surface area contributed by atoms with Crippen molar-refractivity contribution in [2.24, 2.45) is 0 Å². The second-order valence-corrected chi connectivity index (χ2v) is 9.29. The van der Waals surface area contributed by atoms with Gasteiger partial charge in [-0.25, -0.2) is 13.2 Å². The minimum Gasteiger partial charge on any atom is -0.478 e. The number of hydrogen-bond acceptors (Lipinski definition) is 5. The standard InChI is InChI=1S/C18H25N3O5S/c1-13(17(22)19-12-14-2-4-15(5-3-14)18(23)24)20-8-10-21(11-9-20)27(25,26)16-6-7-16/h2-5,13,16H,6-12H2,1H3,(H,19,22)(H,23,24). The fourth-order valence-electron chi connectivity index (χ4n) is 3.19. The van der Waals surface area contributed by atoms with Crippen LogP contribution in [0, 0.1) is 0 Å². The summed E-state index contributed by atoms with van der Waals surface area (Å²) in [6.07, 6.45) is 1.52. The first-order valence-electron chi connectivity index (χ1n) is 9.12. The van der Waals surface area contributed by atoms with Crippen molar-refractivity contribution in [2.75, 3.05) is 26.2 Å². The van der Waals surface area contributed by atoms with Crippen molar-refractivity contribution in [1.29, 1.82) is 0 Å². The lowest BCUT2D eigenvalue weighted by Crippen LogP contribution is -2.55. The molecule has 3 rings (SSSR count). The van der Waals surface area contributed by atoms with Gasteiger partial charge in [0.25, 0.3) is 0 Å². The van der Waals surface area contributed by atoms with E-state index in [9.17, 15) is 18.0 Å². The number of piperazine rings is 1. The van der Waals surface area contributed by atoms with Gasteiger partial charge in [0.1, 0.15) is 0 Å². The Hall–Kier alpha value is -1.97. The zero-order valence-corrected chi connectivity index (χ0v) is 16.1. The lowest BCUT2D eigenvalue weighted by atomic mass is 10.1. The van der Waals surface area contributed by atoms with Crippen LogP contribution in [0.4, 0.5) is 0 Å². The van der Waals surface area contributed by atoms with Crippen LogP contribution >= 0.6 is 0 Å². The Labute approximate surface area is 159 Å². The summed E-state index contributed by atoms with van der Waals surface area (Å²) < 4.78 is 26.1. The minimum atomic E-state index is -3.15. The lowest BCUT2D eigenvalue weighted by molar-refractivity contribution is -0.126. The van der Waals surface area contributed by atoms with Crippen LogP contribution in [0.3, 0.4) is 0 Å². The van der Waals surface area contributed by atoms with Crippen LogP contribution in [0.2, 0.25) is 0 Å². The van der Waals surface area contributed by atoms with Crippen molar-refractivity contribution in [3.63, 3.8) is 0 Å². The molecule has 2 N–H and O–H groups in total. The maximum Gasteiger partial charge on any atom is 0.335 e. The zero-order valence-electron chi connectivity index (χ0n) is 15.3. The van der Waals surface area contributed by atoms with Gasteiger partial charge < -0.3 is 10.4 Å². The summed E-state index contributed by atoms with van der Waals surface area (Å²) in [5.41, 5.74) is 1.03. The van der Waals surface area contributed by atoms with E-state index in [2.05, 4.69) is 5.32 Å². The second-order valence-electron chi connectivity index (χ2n) is 7.08. The number of benzene rings is 1. The average molecular weight is 395 g/mol. The molecule has 8 nitrogen and oxygen atoms in total. The highest BCUT2D eigenvalue weighted by Gasteiger charge is 2.41. The van der Waals surface area contributed by atoms with E-state index in [0.29, 0.717) is 32.7 Å². The molecule has 1 aromatic carbocycles. The Morgan fingerprint density at radius 3 is 2.26 bits per heavy atom. The number of carbonyl (C=O) groups is 2. The first-order valence-corrected chi connectivity index (χ1v) is 10.6. The molecular weight excluding hydrogens is 370 g/mol. The third kappa shape index (κ3) is 4.66. The predicted molar refractivity (Wildman–Crippen MR) is 99.8 cm³/mol. The van der Waals surface area contributed by atoms with Gasteiger partial charge in [-0.2, -0.15) is 4.31 Å². The first kappa shape index (κ1) is 19.8. The molecule has 1 aliphatic carbocycles. The number of rotatable bonds is 7. The van der Waals surface area contributed by atoms with Crippen molar-refractivity contribution in [3.05, 3.63) is 35.4 Å². The third-order valence-electron chi connectivity index (χ3n) is 5.17. The van der Waals surface area contributed by atoms with Crippen LogP contribution in [0.15, 0.2) is 24.3 Å². The average Bonchev–Trinajstić information content (AvgIpc) is 3.51. The van der Waals surface area contributed by atoms with Gasteiger partial charge in [-0.15, -0.1) is 0 Å². The van der Waals surface area contributed by atoms with E-state index in [1.165, 1.54) is 12.1 Å². The third-order valence-corrected chi connectivity index (χ3v) is 7.57. The Morgan fingerprint density at radius 1 is 1.15 bits per heavy atom. The number of amides is 1. The second kappa shape index (κ2) is 7.95. The molecule has 1 aromatic rings. The van der Waals surface area contributed by atoms with E-state index in [4.69, 9.17) is 5.11 Å². The van der Waals surface area contributed by atoms with Crippen molar-refractivity contribution in [3.8, 4) is 0 Å². The number of sulfonamides is 1. The normalized spacial score (nSPS) is 20.2. The summed E-state index contributed by atoms with van der Waals surface area (Å²) in [4.78, 5) is 25.2. The van der Waals surface area contributed by atoms with Crippen LogP contribution in [0.5, 0.6) is 0 Å². The summed E-state index contributed by atoms with van der Waals surface area (Å²) in [6, 6.07) is 6.01. The van der Waals surface area contributed by atoms with E-state index < -0.39 is 16.0 Å². The van der Waals surface area contributed by atoms with Gasteiger partial charge in [-0.1, -0.05) is 12.1 Å². The zero-order chi connectivity index (χ0) is 19.6. The van der Waals surface area contributed by atoms with Gasteiger partial charge in [0.15, 0.2) is 0 Å². The highest BCUT2D eigenvalue weighted by molar-refractivity contribution is 7.90. The molecule has 1 aliphatic heterocycles. The molecule has 0 spiro atoms. The number of nitrogens with one attached hydrogen (secondary N) is 1. The van der Waals surface area contributed by atoms with Crippen molar-refractivity contribution < 1.29 is 23.1 Å². The van der Waals surface area contributed by atoms with E-state index in [1.807, 2.05) is 11.8 Å². The molecule has 1 unspecified atom stereocenters. The lowest BCUT2D eigenvalue weighted by Gasteiger charge is -2.36. The van der Waals surface area contributed by atoms with Gasteiger partial charge in [0.05, 0.1) is 16.9 Å². The Kier molecular flexibility index (Phi) is 5.83. The fourth-order valence-corrected chi connectivity index (χ4v) is 5.02. The summed E-state index contributed by atoms with van der Waals surface area (Å²) in [5, 5.41) is 11.6. The van der Waals surface area contributed by atoms with Crippen LogP contribution in [0.25, 0.3) is 0 Å². The Balaban J connectivity index is 1.47. The molecule has 1 saturated heterocycles. The number of nitrogens with zero attached hydrogens (tertiary/aromatic N) is 2. The van der Waals surface area contributed by atoms with Gasteiger partial charge in [-0.05, 0) is 37.5 Å². The van der Waals surface area contributed by atoms with Crippen molar-refractivity contribution >= 4 is 21.9 Å². The smallest absolute Gasteiger partial charge is 0.335 e. The van der Waals surface area contributed by atoms with Crippen LogP contribution in [-0.2, 0) is 21.4 Å². The molecule has 1 amide bonds. The van der Waals surface area contributed by atoms with E-state index in [1.54, 1.807) is 16.4 Å². The Morgan fingerprint density at radius 2 is 1.74 bits per heavy atom.